The minimum atomic E-state index is -0.235. The predicted molar refractivity (Wildman–Crippen MR) is 113 cm³/mol. The van der Waals surface area contributed by atoms with E-state index >= 15 is 0 Å². The van der Waals surface area contributed by atoms with Gasteiger partial charge in [0.05, 0.1) is 12.6 Å². The quantitative estimate of drug-likeness (QED) is 0.701. The van der Waals surface area contributed by atoms with Gasteiger partial charge >= 0.3 is 0 Å². The Labute approximate surface area is 168 Å². The molecular weight excluding hydrogens is 350 g/mol. The third kappa shape index (κ3) is 5.92. The number of rotatable bonds is 9. The summed E-state index contributed by atoms with van der Waals surface area (Å²) >= 11 is 0. The van der Waals surface area contributed by atoms with Crippen molar-refractivity contribution in [1.82, 2.24) is 15.5 Å². The second-order valence-corrected chi connectivity index (χ2v) is 6.93. The summed E-state index contributed by atoms with van der Waals surface area (Å²) in [5, 5.41) is 5.66. The Morgan fingerprint density at radius 3 is 2.21 bits per heavy atom. The number of benzene rings is 2. The van der Waals surface area contributed by atoms with Gasteiger partial charge in [-0.2, -0.15) is 0 Å². The van der Waals surface area contributed by atoms with Gasteiger partial charge in [-0.3, -0.25) is 14.5 Å². The number of nitrogens with zero attached hydrogens (tertiary/aromatic N) is 1. The van der Waals surface area contributed by atoms with E-state index in [0.29, 0.717) is 12.1 Å². The zero-order valence-electron chi connectivity index (χ0n) is 17.3. The van der Waals surface area contributed by atoms with E-state index in [1.165, 1.54) is 5.56 Å². The maximum atomic E-state index is 12.3. The predicted octanol–water partition coefficient (Wildman–Crippen LogP) is 3.23. The third-order valence-corrected chi connectivity index (χ3v) is 5.11. The molecule has 0 aliphatic carbocycles. The van der Waals surface area contributed by atoms with Crippen LogP contribution in [0.5, 0.6) is 0 Å². The van der Waals surface area contributed by atoms with Gasteiger partial charge in [0.1, 0.15) is 0 Å². The van der Waals surface area contributed by atoms with Crippen molar-refractivity contribution in [3.8, 4) is 0 Å². The Morgan fingerprint density at radius 2 is 1.61 bits per heavy atom. The smallest absolute Gasteiger partial charge is 0.251 e. The number of aryl methyl sites for hydroxylation is 2. The molecule has 2 N–H and O–H groups in total. The SMILES string of the molecule is CCN(CC)[C@H](CNC(=O)CNC(=O)c1ccc(C)c(C)c1)c1ccccc1. The van der Waals surface area contributed by atoms with Crippen LogP contribution in [0.3, 0.4) is 0 Å². The van der Waals surface area contributed by atoms with Gasteiger partial charge in [0.2, 0.25) is 5.91 Å². The topological polar surface area (TPSA) is 61.4 Å². The average Bonchev–Trinajstić information content (AvgIpc) is 2.72. The first-order valence-electron chi connectivity index (χ1n) is 9.87. The van der Waals surface area contributed by atoms with E-state index in [-0.39, 0.29) is 24.4 Å². The molecule has 2 amide bonds. The van der Waals surface area contributed by atoms with Crippen molar-refractivity contribution < 1.29 is 9.59 Å². The van der Waals surface area contributed by atoms with Gasteiger partial charge in [-0.05, 0) is 55.8 Å². The molecular formula is C23H31N3O2. The Morgan fingerprint density at radius 1 is 0.929 bits per heavy atom. The molecule has 5 nitrogen and oxygen atoms in total. The number of hydrogen-bond donors (Lipinski definition) is 2. The molecule has 5 heteroatoms. The maximum Gasteiger partial charge on any atom is 0.251 e. The van der Waals surface area contributed by atoms with E-state index in [0.717, 1.165) is 24.2 Å². The molecule has 2 aromatic rings. The lowest BCUT2D eigenvalue weighted by molar-refractivity contribution is -0.120. The molecule has 0 fully saturated rings. The molecule has 0 aromatic heterocycles. The molecule has 0 aliphatic rings. The monoisotopic (exact) mass is 381 g/mol. The lowest BCUT2D eigenvalue weighted by Crippen LogP contribution is -2.42. The van der Waals surface area contributed by atoms with Crippen molar-refractivity contribution in [3.63, 3.8) is 0 Å². The average molecular weight is 382 g/mol. The molecule has 150 valence electrons. The molecule has 0 aliphatic heterocycles. The maximum absolute atomic E-state index is 12.3. The first kappa shape index (κ1) is 21.6. The Kier molecular flexibility index (Phi) is 8.20. The van der Waals surface area contributed by atoms with Gasteiger partial charge in [-0.1, -0.05) is 50.2 Å². The standard InChI is InChI=1S/C23H31N3O2/c1-5-26(6-2)21(19-10-8-7-9-11-19)15-24-22(27)16-25-23(28)20-13-12-17(3)18(4)14-20/h7-14,21H,5-6,15-16H2,1-4H3,(H,24,27)(H,25,28)/t21-/m1/s1. The number of amides is 2. The Bertz CT molecular complexity index is 786. The summed E-state index contributed by atoms with van der Waals surface area (Å²) in [6, 6.07) is 15.8. The summed E-state index contributed by atoms with van der Waals surface area (Å²) in [4.78, 5) is 26.9. The van der Waals surface area contributed by atoms with Crippen molar-refractivity contribution in [1.29, 1.82) is 0 Å². The molecule has 0 radical (unpaired) electrons. The molecule has 0 bridgehead atoms. The van der Waals surface area contributed by atoms with Crippen LogP contribution < -0.4 is 10.6 Å². The fourth-order valence-corrected chi connectivity index (χ4v) is 3.22. The van der Waals surface area contributed by atoms with Gasteiger partial charge in [-0.25, -0.2) is 0 Å². The highest BCUT2D eigenvalue weighted by Gasteiger charge is 2.18. The summed E-state index contributed by atoms with van der Waals surface area (Å²) in [5.41, 5.74) is 3.94. The molecule has 0 unspecified atom stereocenters. The number of nitrogens with one attached hydrogen (secondary N) is 2. The van der Waals surface area contributed by atoms with Gasteiger partial charge in [0.25, 0.3) is 5.91 Å². The van der Waals surface area contributed by atoms with Crippen LogP contribution in [-0.4, -0.2) is 42.9 Å². The van der Waals surface area contributed by atoms with Gasteiger partial charge in [0, 0.05) is 12.1 Å². The lowest BCUT2D eigenvalue weighted by Gasteiger charge is -2.30. The van der Waals surface area contributed by atoms with Gasteiger partial charge in [-0.15, -0.1) is 0 Å². The van der Waals surface area contributed by atoms with E-state index in [4.69, 9.17) is 0 Å². The number of likely N-dealkylation sites (N-methyl/N-ethyl adjacent to an activating group) is 1. The van der Waals surface area contributed by atoms with E-state index in [1.807, 2.05) is 44.2 Å². The molecule has 0 saturated carbocycles. The van der Waals surface area contributed by atoms with Crippen LogP contribution in [0.15, 0.2) is 48.5 Å². The largest absolute Gasteiger partial charge is 0.353 e. The third-order valence-electron chi connectivity index (χ3n) is 5.11. The van der Waals surface area contributed by atoms with E-state index in [2.05, 4.69) is 41.5 Å². The molecule has 0 spiro atoms. The second-order valence-electron chi connectivity index (χ2n) is 6.93. The normalized spacial score (nSPS) is 11.9. The van der Waals surface area contributed by atoms with Crippen molar-refractivity contribution in [2.24, 2.45) is 0 Å². The molecule has 28 heavy (non-hydrogen) atoms. The summed E-state index contributed by atoms with van der Waals surface area (Å²) in [5.74, 6) is -0.424. The number of carbonyl (C=O) groups excluding carboxylic acids is 2. The highest BCUT2D eigenvalue weighted by molar-refractivity contribution is 5.96. The van der Waals surface area contributed by atoms with Crippen LogP contribution in [0.4, 0.5) is 0 Å². The van der Waals surface area contributed by atoms with Crippen molar-refractivity contribution in [2.75, 3.05) is 26.2 Å². The summed E-state index contributed by atoms with van der Waals surface area (Å²) in [7, 11) is 0. The van der Waals surface area contributed by atoms with E-state index in [9.17, 15) is 9.59 Å². The zero-order chi connectivity index (χ0) is 20.5. The van der Waals surface area contributed by atoms with Crippen LogP contribution in [-0.2, 0) is 4.79 Å². The minimum Gasteiger partial charge on any atom is -0.353 e. The minimum absolute atomic E-state index is 0.0362. The van der Waals surface area contributed by atoms with Crippen LogP contribution in [0.2, 0.25) is 0 Å². The van der Waals surface area contributed by atoms with Crippen LogP contribution >= 0.6 is 0 Å². The molecule has 0 saturated heterocycles. The molecule has 1 atom stereocenters. The fraction of sp³-hybridized carbons (Fsp3) is 0.391. The fourth-order valence-electron chi connectivity index (χ4n) is 3.22. The van der Waals surface area contributed by atoms with Crippen molar-refractivity contribution >= 4 is 11.8 Å². The van der Waals surface area contributed by atoms with E-state index in [1.54, 1.807) is 6.07 Å². The van der Waals surface area contributed by atoms with Crippen molar-refractivity contribution in [3.05, 3.63) is 70.8 Å². The summed E-state index contributed by atoms with van der Waals surface area (Å²) in [6.07, 6.45) is 0. The first-order valence-corrected chi connectivity index (χ1v) is 9.87. The number of hydrogen-bond acceptors (Lipinski definition) is 3. The Hall–Kier alpha value is -2.66. The molecule has 0 heterocycles. The molecule has 2 aromatic carbocycles. The van der Waals surface area contributed by atoms with Gasteiger partial charge < -0.3 is 10.6 Å². The van der Waals surface area contributed by atoms with Crippen molar-refractivity contribution in [2.45, 2.75) is 33.7 Å². The zero-order valence-corrected chi connectivity index (χ0v) is 17.3. The van der Waals surface area contributed by atoms with E-state index < -0.39 is 0 Å². The van der Waals surface area contributed by atoms with Crippen LogP contribution in [0.1, 0.15) is 46.9 Å². The highest BCUT2D eigenvalue weighted by atomic mass is 16.2. The van der Waals surface area contributed by atoms with Gasteiger partial charge in [0.15, 0.2) is 0 Å². The Balaban J connectivity index is 1.91. The van der Waals surface area contributed by atoms with Crippen LogP contribution in [0.25, 0.3) is 0 Å². The summed E-state index contributed by atoms with van der Waals surface area (Å²) in [6.45, 7) is 10.5. The molecule has 2 rings (SSSR count). The van der Waals surface area contributed by atoms with Crippen LogP contribution in [0, 0.1) is 13.8 Å². The lowest BCUT2D eigenvalue weighted by atomic mass is 10.1. The highest BCUT2D eigenvalue weighted by Crippen LogP contribution is 2.19. The summed E-state index contributed by atoms with van der Waals surface area (Å²) < 4.78 is 0. The number of carbonyl (C=O) groups is 2. The second kappa shape index (κ2) is 10.6. The first-order chi connectivity index (χ1) is 13.5.